The van der Waals surface area contributed by atoms with Crippen LogP contribution < -0.4 is 11.1 Å². The van der Waals surface area contributed by atoms with E-state index in [0.29, 0.717) is 31.9 Å². The van der Waals surface area contributed by atoms with E-state index in [9.17, 15) is 4.79 Å². The van der Waals surface area contributed by atoms with Crippen LogP contribution in [0, 0.1) is 13.8 Å². The van der Waals surface area contributed by atoms with Crippen molar-refractivity contribution in [2.24, 2.45) is 12.8 Å². The van der Waals surface area contributed by atoms with Crippen molar-refractivity contribution < 1.29 is 9.53 Å². The second kappa shape index (κ2) is 6.36. The van der Waals surface area contributed by atoms with E-state index in [1.807, 2.05) is 20.9 Å². The molecule has 96 valence electrons. The van der Waals surface area contributed by atoms with E-state index in [4.69, 9.17) is 10.5 Å². The molecule has 1 aromatic rings. The van der Waals surface area contributed by atoms with Gasteiger partial charge >= 0.3 is 0 Å². The Balaban J connectivity index is 2.47. The van der Waals surface area contributed by atoms with E-state index in [1.165, 1.54) is 0 Å². The van der Waals surface area contributed by atoms with Crippen LogP contribution in [0.1, 0.15) is 21.7 Å². The zero-order valence-electron chi connectivity index (χ0n) is 10.6. The predicted molar refractivity (Wildman–Crippen MR) is 64.9 cm³/mol. The molecule has 0 spiro atoms. The minimum absolute atomic E-state index is 0.107. The number of ether oxygens (including phenoxy) is 1. The minimum atomic E-state index is -0.107. The van der Waals surface area contributed by atoms with Gasteiger partial charge in [0.15, 0.2) is 0 Å². The molecule has 1 heterocycles. The molecule has 3 N–H and O–H groups in total. The first-order valence-corrected chi connectivity index (χ1v) is 5.64. The predicted octanol–water partition coefficient (Wildman–Crippen LogP) is -0.258. The molecule has 0 atom stereocenters. The summed E-state index contributed by atoms with van der Waals surface area (Å²) in [4.78, 5) is 11.9. The van der Waals surface area contributed by atoms with Gasteiger partial charge in [-0.3, -0.25) is 9.48 Å². The van der Waals surface area contributed by atoms with Crippen LogP contribution in [0.2, 0.25) is 0 Å². The van der Waals surface area contributed by atoms with Crippen molar-refractivity contribution in [1.82, 2.24) is 15.1 Å². The smallest absolute Gasteiger partial charge is 0.255 e. The summed E-state index contributed by atoms with van der Waals surface area (Å²) in [5.74, 6) is -0.107. The van der Waals surface area contributed by atoms with Crippen LogP contribution in [-0.2, 0) is 11.8 Å². The second-order valence-electron chi connectivity index (χ2n) is 3.83. The van der Waals surface area contributed by atoms with Gasteiger partial charge in [-0.25, -0.2) is 0 Å². The Kier molecular flexibility index (Phi) is 5.11. The number of hydrogen-bond acceptors (Lipinski definition) is 4. The van der Waals surface area contributed by atoms with E-state index in [0.717, 1.165) is 11.4 Å². The maximum atomic E-state index is 11.9. The SMILES string of the molecule is Cc1nn(C)c(C)c1C(=O)NCCOCCN. The summed E-state index contributed by atoms with van der Waals surface area (Å²) in [5.41, 5.74) is 7.53. The van der Waals surface area contributed by atoms with Gasteiger partial charge in [-0.05, 0) is 13.8 Å². The lowest BCUT2D eigenvalue weighted by Crippen LogP contribution is -2.28. The average molecular weight is 240 g/mol. The summed E-state index contributed by atoms with van der Waals surface area (Å²) in [6, 6.07) is 0. The van der Waals surface area contributed by atoms with Gasteiger partial charge in [0.2, 0.25) is 0 Å². The van der Waals surface area contributed by atoms with Gasteiger partial charge in [0.05, 0.1) is 24.5 Å². The van der Waals surface area contributed by atoms with Crippen molar-refractivity contribution >= 4 is 5.91 Å². The Morgan fingerprint density at radius 1 is 1.47 bits per heavy atom. The summed E-state index contributed by atoms with van der Waals surface area (Å²) in [5, 5.41) is 6.99. The topological polar surface area (TPSA) is 82.2 Å². The van der Waals surface area contributed by atoms with Gasteiger partial charge in [0.25, 0.3) is 5.91 Å². The van der Waals surface area contributed by atoms with E-state index in [-0.39, 0.29) is 5.91 Å². The van der Waals surface area contributed by atoms with Crippen molar-refractivity contribution in [2.45, 2.75) is 13.8 Å². The highest BCUT2D eigenvalue weighted by atomic mass is 16.5. The normalized spacial score (nSPS) is 10.6. The zero-order chi connectivity index (χ0) is 12.8. The summed E-state index contributed by atoms with van der Waals surface area (Å²) < 4.78 is 6.88. The molecule has 1 amide bonds. The van der Waals surface area contributed by atoms with Crippen LogP contribution in [-0.4, -0.2) is 42.0 Å². The first-order valence-electron chi connectivity index (χ1n) is 5.64. The summed E-state index contributed by atoms with van der Waals surface area (Å²) in [6.07, 6.45) is 0. The van der Waals surface area contributed by atoms with Crippen molar-refractivity contribution in [1.29, 1.82) is 0 Å². The number of nitrogens with two attached hydrogens (primary N) is 1. The highest BCUT2D eigenvalue weighted by molar-refractivity contribution is 5.96. The highest BCUT2D eigenvalue weighted by Gasteiger charge is 2.16. The Bertz CT molecular complexity index is 387. The fourth-order valence-corrected chi connectivity index (χ4v) is 1.61. The lowest BCUT2D eigenvalue weighted by Gasteiger charge is -2.06. The quantitative estimate of drug-likeness (QED) is 0.671. The van der Waals surface area contributed by atoms with Gasteiger partial charge in [-0.15, -0.1) is 0 Å². The van der Waals surface area contributed by atoms with E-state index >= 15 is 0 Å². The number of hydrogen-bond donors (Lipinski definition) is 2. The minimum Gasteiger partial charge on any atom is -0.378 e. The maximum Gasteiger partial charge on any atom is 0.255 e. The van der Waals surface area contributed by atoms with Crippen molar-refractivity contribution in [2.75, 3.05) is 26.3 Å². The zero-order valence-corrected chi connectivity index (χ0v) is 10.6. The third-order valence-corrected chi connectivity index (χ3v) is 2.53. The Morgan fingerprint density at radius 3 is 2.71 bits per heavy atom. The van der Waals surface area contributed by atoms with Crippen LogP contribution in [0.4, 0.5) is 0 Å². The molecule has 0 radical (unpaired) electrons. The summed E-state index contributed by atoms with van der Waals surface area (Å²) in [7, 11) is 1.82. The molecule has 6 heteroatoms. The number of amides is 1. The van der Waals surface area contributed by atoms with Gasteiger partial charge in [0.1, 0.15) is 0 Å². The lowest BCUT2D eigenvalue weighted by molar-refractivity contribution is 0.0918. The van der Waals surface area contributed by atoms with E-state index < -0.39 is 0 Å². The van der Waals surface area contributed by atoms with Crippen LogP contribution in [0.15, 0.2) is 0 Å². The lowest BCUT2D eigenvalue weighted by atomic mass is 10.2. The number of aromatic nitrogens is 2. The fraction of sp³-hybridized carbons (Fsp3) is 0.636. The molecule has 0 unspecified atom stereocenters. The molecular weight excluding hydrogens is 220 g/mol. The van der Waals surface area contributed by atoms with Crippen molar-refractivity contribution in [3.63, 3.8) is 0 Å². The summed E-state index contributed by atoms with van der Waals surface area (Å²) in [6.45, 7) is 5.66. The second-order valence-corrected chi connectivity index (χ2v) is 3.83. The molecular formula is C11H20N4O2. The number of carbonyl (C=O) groups is 1. The molecule has 6 nitrogen and oxygen atoms in total. The molecule has 1 aromatic heterocycles. The Labute approximate surface area is 101 Å². The molecule has 0 aliphatic carbocycles. The van der Waals surface area contributed by atoms with E-state index in [2.05, 4.69) is 10.4 Å². The first-order chi connectivity index (χ1) is 8.07. The van der Waals surface area contributed by atoms with Crippen LogP contribution in [0.3, 0.4) is 0 Å². The summed E-state index contributed by atoms with van der Waals surface area (Å²) >= 11 is 0. The highest BCUT2D eigenvalue weighted by Crippen LogP contribution is 2.11. The number of nitrogens with zero attached hydrogens (tertiary/aromatic N) is 2. The van der Waals surface area contributed by atoms with E-state index in [1.54, 1.807) is 4.68 Å². The number of nitrogens with one attached hydrogen (secondary N) is 1. The van der Waals surface area contributed by atoms with Crippen molar-refractivity contribution in [3.8, 4) is 0 Å². The van der Waals surface area contributed by atoms with Crippen molar-refractivity contribution in [3.05, 3.63) is 17.0 Å². The van der Waals surface area contributed by atoms with Crippen LogP contribution >= 0.6 is 0 Å². The van der Waals surface area contributed by atoms with Crippen LogP contribution in [0.25, 0.3) is 0 Å². The number of rotatable bonds is 6. The maximum absolute atomic E-state index is 11.9. The average Bonchev–Trinajstić information content (AvgIpc) is 2.53. The molecule has 0 aliphatic rings. The first kappa shape index (κ1) is 13.7. The molecule has 17 heavy (non-hydrogen) atoms. The molecule has 1 rings (SSSR count). The standard InChI is InChI=1S/C11H20N4O2/c1-8-10(9(2)15(3)14-8)11(16)13-5-7-17-6-4-12/h4-7,12H2,1-3H3,(H,13,16). The molecule has 0 fully saturated rings. The molecule has 0 saturated heterocycles. The number of carbonyl (C=O) groups excluding carboxylic acids is 1. The Morgan fingerprint density at radius 2 is 2.18 bits per heavy atom. The third-order valence-electron chi connectivity index (χ3n) is 2.53. The van der Waals surface area contributed by atoms with Gasteiger partial charge < -0.3 is 15.8 Å². The molecule has 0 aliphatic heterocycles. The third kappa shape index (κ3) is 3.54. The number of aryl methyl sites for hydroxylation is 2. The fourth-order valence-electron chi connectivity index (χ4n) is 1.61. The van der Waals surface area contributed by atoms with Gasteiger partial charge in [-0.1, -0.05) is 0 Å². The molecule has 0 saturated carbocycles. The molecule has 0 bridgehead atoms. The van der Waals surface area contributed by atoms with Gasteiger partial charge in [-0.2, -0.15) is 5.10 Å². The molecule has 0 aromatic carbocycles. The Hall–Kier alpha value is -1.40. The largest absolute Gasteiger partial charge is 0.378 e. The van der Waals surface area contributed by atoms with Crippen LogP contribution in [0.5, 0.6) is 0 Å². The van der Waals surface area contributed by atoms with Gasteiger partial charge in [0, 0.05) is 25.8 Å². The monoisotopic (exact) mass is 240 g/mol.